The van der Waals surface area contributed by atoms with Gasteiger partial charge < -0.3 is 0 Å². The van der Waals surface area contributed by atoms with Crippen LogP contribution in [-0.2, 0) is 0 Å². The highest BCUT2D eigenvalue weighted by Crippen LogP contribution is 2.34. The maximum atomic E-state index is 5.85. The van der Waals surface area contributed by atoms with Gasteiger partial charge in [0.25, 0.3) is 0 Å². The molecule has 0 bridgehead atoms. The standard InChI is InChI=1S/C8H3Cl5/c9-3-8(13)4-1-6(11)7(12)2-5(4)10/h1-3H/b8-3-. The van der Waals surface area contributed by atoms with Crippen LogP contribution < -0.4 is 0 Å². The van der Waals surface area contributed by atoms with E-state index < -0.39 is 0 Å². The van der Waals surface area contributed by atoms with Gasteiger partial charge in [-0.3, -0.25) is 0 Å². The molecule has 1 rings (SSSR count). The average Bonchev–Trinajstić information content (AvgIpc) is 2.10. The third-order valence-corrected chi connectivity index (χ3v) is 3.04. The lowest BCUT2D eigenvalue weighted by atomic mass is 10.2. The number of hydrogen-bond donors (Lipinski definition) is 0. The van der Waals surface area contributed by atoms with Crippen LogP contribution in [0.15, 0.2) is 17.7 Å². The first-order valence-electron chi connectivity index (χ1n) is 3.17. The molecule has 0 aliphatic carbocycles. The molecule has 0 fully saturated rings. The summed E-state index contributed by atoms with van der Waals surface area (Å²) in [5, 5.41) is 1.51. The number of rotatable bonds is 1. The molecule has 0 atom stereocenters. The van der Waals surface area contributed by atoms with Crippen molar-refractivity contribution in [3.05, 3.63) is 38.3 Å². The average molecular weight is 276 g/mol. The van der Waals surface area contributed by atoms with E-state index in [1.54, 1.807) is 6.07 Å². The van der Waals surface area contributed by atoms with Gasteiger partial charge in [0.2, 0.25) is 0 Å². The Morgan fingerprint density at radius 1 is 1.00 bits per heavy atom. The molecule has 0 aromatic heterocycles. The quantitative estimate of drug-likeness (QED) is 0.600. The first kappa shape index (κ1) is 11.5. The van der Waals surface area contributed by atoms with Crippen molar-refractivity contribution in [2.75, 3.05) is 0 Å². The van der Waals surface area contributed by atoms with Crippen LogP contribution in [0.1, 0.15) is 5.56 Å². The second kappa shape index (κ2) is 4.77. The van der Waals surface area contributed by atoms with Crippen molar-refractivity contribution in [3.8, 4) is 0 Å². The molecular formula is C8H3Cl5. The minimum atomic E-state index is 0.324. The molecule has 1 aromatic rings. The molecule has 0 heterocycles. The van der Waals surface area contributed by atoms with E-state index in [-0.39, 0.29) is 0 Å². The van der Waals surface area contributed by atoms with Crippen molar-refractivity contribution in [2.45, 2.75) is 0 Å². The summed E-state index contributed by atoms with van der Waals surface area (Å²) in [6.45, 7) is 0. The minimum Gasteiger partial charge on any atom is -0.0913 e. The summed E-state index contributed by atoms with van der Waals surface area (Å²) < 4.78 is 0. The van der Waals surface area contributed by atoms with Gasteiger partial charge in [-0.2, -0.15) is 0 Å². The van der Waals surface area contributed by atoms with Crippen LogP contribution in [-0.4, -0.2) is 0 Å². The molecule has 0 saturated carbocycles. The summed E-state index contributed by atoms with van der Waals surface area (Å²) in [6, 6.07) is 3.08. The van der Waals surface area contributed by atoms with Crippen molar-refractivity contribution < 1.29 is 0 Å². The normalized spacial score (nSPS) is 11.9. The highest BCUT2D eigenvalue weighted by Gasteiger charge is 2.08. The molecule has 0 spiro atoms. The van der Waals surface area contributed by atoms with E-state index in [0.717, 1.165) is 0 Å². The molecule has 0 unspecified atom stereocenters. The van der Waals surface area contributed by atoms with Gasteiger partial charge in [0.1, 0.15) is 0 Å². The molecule has 13 heavy (non-hydrogen) atoms. The third kappa shape index (κ3) is 2.68. The fourth-order valence-electron chi connectivity index (χ4n) is 0.764. The third-order valence-electron chi connectivity index (χ3n) is 1.36. The van der Waals surface area contributed by atoms with Gasteiger partial charge >= 0.3 is 0 Å². The van der Waals surface area contributed by atoms with Gasteiger partial charge in [0, 0.05) is 11.1 Å². The number of benzene rings is 1. The van der Waals surface area contributed by atoms with E-state index in [4.69, 9.17) is 58.0 Å². The predicted molar refractivity (Wildman–Crippen MR) is 61.2 cm³/mol. The molecule has 0 amide bonds. The Balaban J connectivity index is 3.32. The maximum absolute atomic E-state index is 5.85. The largest absolute Gasteiger partial charge is 0.0913 e. The topological polar surface area (TPSA) is 0 Å². The van der Waals surface area contributed by atoms with Gasteiger partial charge in [-0.25, -0.2) is 0 Å². The van der Waals surface area contributed by atoms with Crippen LogP contribution in [0.5, 0.6) is 0 Å². The summed E-state index contributed by atoms with van der Waals surface area (Å²) in [7, 11) is 0. The van der Waals surface area contributed by atoms with E-state index in [2.05, 4.69) is 0 Å². The lowest BCUT2D eigenvalue weighted by Gasteiger charge is -2.03. The summed E-state index contributed by atoms with van der Waals surface area (Å²) in [6.07, 6.45) is 0. The second-order valence-electron chi connectivity index (χ2n) is 2.20. The van der Waals surface area contributed by atoms with E-state index >= 15 is 0 Å². The fraction of sp³-hybridized carbons (Fsp3) is 0. The molecule has 0 nitrogen and oxygen atoms in total. The molecule has 5 heteroatoms. The molecule has 1 aromatic carbocycles. The number of hydrogen-bond acceptors (Lipinski definition) is 0. The molecule has 0 radical (unpaired) electrons. The zero-order chi connectivity index (χ0) is 10.0. The Bertz CT molecular complexity index is 356. The van der Waals surface area contributed by atoms with E-state index in [1.165, 1.54) is 11.6 Å². The van der Waals surface area contributed by atoms with Gasteiger partial charge in [-0.15, -0.1) is 0 Å². The van der Waals surface area contributed by atoms with Crippen molar-refractivity contribution in [3.63, 3.8) is 0 Å². The van der Waals surface area contributed by atoms with Crippen molar-refractivity contribution in [1.82, 2.24) is 0 Å². The van der Waals surface area contributed by atoms with Crippen LogP contribution >= 0.6 is 58.0 Å². The summed E-state index contributed by atoms with van der Waals surface area (Å²) in [4.78, 5) is 0. The van der Waals surface area contributed by atoms with Crippen LogP contribution in [0.3, 0.4) is 0 Å². The van der Waals surface area contributed by atoms with E-state index in [9.17, 15) is 0 Å². The lowest BCUT2D eigenvalue weighted by molar-refractivity contribution is 1.64. The fourth-order valence-corrected chi connectivity index (χ4v) is 1.74. The highest BCUT2D eigenvalue weighted by molar-refractivity contribution is 6.54. The Morgan fingerprint density at radius 3 is 2.08 bits per heavy atom. The highest BCUT2D eigenvalue weighted by atomic mass is 35.5. The predicted octanol–water partition coefficient (Wildman–Crippen LogP) is 5.42. The Kier molecular flexibility index (Phi) is 4.21. The number of halogens is 5. The Hall–Kier alpha value is 0.410. The summed E-state index contributed by atoms with van der Waals surface area (Å²) in [5.41, 5.74) is 1.78. The molecule has 0 aliphatic rings. The van der Waals surface area contributed by atoms with Crippen LogP contribution in [0, 0.1) is 0 Å². The molecule has 0 N–H and O–H groups in total. The zero-order valence-corrected chi connectivity index (χ0v) is 9.90. The Labute approximate surface area is 101 Å². The van der Waals surface area contributed by atoms with Crippen molar-refractivity contribution >= 4 is 63.0 Å². The monoisotopic (exact) mass is 274 g/mol. The summed E-state index contributed by atoms with van der Waals surface area (Å²) in [5.74, 6) is 0. The van der Waals surface area contributed by atoms with Crippen LogP contribution in [0.2, 0.25) is 15.1 Å². The van der Waals surface area contributed by atoms with Crippen LogP contribution in [0.25, 0.3) is 5.03 Å². The Morgan fingerprint density at radius 2 is 1.54 bits per heavy atom. The molecule has 0 aliphatic heterocycles. The van der Waals surface area contributed by atoms with Gasteiger partial charge in [0.05, 0.1) is 20.1 Å². The SMILES string of the molecule is Cl/C=C(\Cl)c1cc(Cl)c(Cl)cc1Cl. The van der Waals surface area contributed by atoms with Gasteiger partial charge in [-0.05, 0) is 12.1 Å². The molecular weight excluding hydrogens is 273 g/mol. The minimum absolute atomic E-state index is 0.324. The van der Waals surface area contributed by atoms with E-state index in [1.807, 2.05) is 0 Å². The van der Waals surface area contributed by atoms with Crippen LogP contribution in [0.4, 0.5) is 0 Å². The lowest BCUT2D eigenvalue weighted by Crippen LogP contribution is -1.80. The zero-order valence-electron chi connectivity index (χ0n) is 6.12. The summed E-state index contributed by atoms with van der Waals surface area (Å²) >= 11 is 28.5. The second-order valence-corrected chi connectivity index (χ2v) is 4.05. The molecule has 0 saturated heterocycles. The smallest absolute Gasteiger partial charge is 0.0607 e. The van der Waals surface area contributed by atoms with Gasteiger partial charge in [0.15, 0.2) is 0 Å². The van der Waals surface area contributed by atoms with Crippen molar-refractivity contribution in [2.24, 2.45) is 0 Å². The van der Waals surface area contributed by atoms with E-state index in [0.29, 0.717) is 25.7 Å². The van der Waals surface area contributed by atoms with Crippen molar-refractivity contribution in [1.29, 1.82) is 0 Å². The van der Waals surface area contributed by atoms with Gasteiger partial charge in [-0.1, -0.05) is 58.0 Å². The molecule has 70 valence electrons. The maximum Gasteiger partial charge on any atom is 0.0607 e. The first-order chi connectivity index (χ1) is 6.06. The first-order valence-corrected chi connectivity index (χ1v) is 5.12.